The Morgan fingerprint density at radius 2 is 1.84 bits per heavy atom. The van der Waals surface area contributed by atoms with Gasteiger partial charge in [0.1, 0.15) is 0 Å². The summed E-state index contributed by atoms with van der Waals surface area (Å²) in [5.74, 6) is 0. The predicted molar refractivity (Wildman–Crippen MR) is 97.0 cm³/mol. The van der Waals surface area contributed by atoms with Gasteiger partial charge in [0, 0.05) is 25.0 Å². The Bertz CT molecular complexity index is 786. The lowest BCUT2D eigenvalue weighted by molar-refractivity contribution is 0.185. The summed E-state index contributed by atoms with van der Waals surface area (Å²) in [7, 11) is 0. The molecule has 0 fully saturated rings. The first-order valence-electron chi connectivity index (χ1n) is 8.07. The molecule has 25 heavy (non-hydrogen) atoms. The van der Waals surface area contributed by atoms with E-state index in [0.717, 1.165) is 16.8 Å². The minimum Gasteiger partial charge on any atom is -0.395 e. The second-order valence-corrected chi connectivity index (χ2v) is 5.61. The van der Waals surface area contributed by atoms with Gasteiger partial charge in [-0.1, -0.05) is 42.5 Å². The van der Waals surface area contributed by atoms with Gasteiger partial charge in [-0.3, -0.25) is 5.10 Å². The van der Waals surface area contributed by atoms with Crippen LogP contribution in [0.25, 0.3) is 11.3 Å². The molecular weight excluding hydrogens is 316 g/mol. The van der Waals surface area contributed by atoms with Gasteiger partial charge in [0.15, 0.2) is 0 Å². The van der Waals surface area contributed by atoms with E-state index in [2.05, 4.69) is 15.5 Å². The maximum absolute atomic E-state index is 12.5. The Hall–Kier alpha value is -3.12. The van der Waals surface area contributed by atoms with Crippen molar-refractivity contribution in [1.29, 1.82) is 0 Å². The molecule has 0 aliphatic carbocycles. The zero-order valence-electron chi connectivity index (χ0n) is 13.7. The summed E-state index contributed by atoms with van der Waals surface area (Å²) in [5, 5.41) is 18.9. The zero-order valence-corrected chi connectivity index (χ0v) is 13.7. The number of benzene rings is 2. The van der Waals surface area contributed by atoms with Crippen molar-refractivity contribution in [3.05, 3.63) is 72.4 Å². The van der Waals surface area contributed by atoms with E-state index in [1.807, 2.05) is 60.7 Å². The number of carbonyl (C=O) groups is 1. The maximum Gasteiger partial charge on any atom is 0.322 e. The van der Waals surface area contributed by atoms with Crippen molar-refractivity contribution >= 4 is 11.7 Å². The predicted octanol–water partition coefficient (Wildman–Crippen LogP) is 3.10. The van der Waals surface area contributed by atoms with Gasteiger partial charge in [0.25, 0.3) is 0 Å². The monoisotopic (exact) mass is 336 g/mol. The number of aromatic amines is 1. The fourth-order valence-electron chi connectivity index (χ4n) is 2.53. The van der Waals surface area contributed by atoms with Crippen LogP contribution >= 0.6 is 0 Å². The van der Waals surface area contributed by atoms with Gasteiger partial charge in [0.2, 0.25) is 0 Å². The van der Waals surface area contributed by atoms with Crippen molar-refractivity contribution in [2.75, 3.05) is 18.5 Å². The van der Waals surface area contributed by atoms with Crippen molar-refractivity contribution in [3.8, 4) is 11.3 Å². The summed E-state index contributed by atoms with van der Waals surface area (Å²) in [6.07, 6.45) is 1.70. The van der Waals surface area contributed by atoms with E-state index in [1.54, 1.807) is 11.1 Å². The molecule has 6 nitrogen and oxygen atoms in total. The summed E-state index contributed by atoms with van der Waals surface area (Å²) < 4.78 is 0. The van der Waals surface area contributed by atoms with Crippen LogP contribution in [0.1, 0.15) is 5.56 Å². The number of nitrogens with one attached hydrogen (secondary N) is 2. The number of aliphatic hydroxyl groups is 1. The van der Waals surface area contributed by atoms with E-state index >= 15 is 0 Å². The van der Waals surface area contributed by atoms with Crippen molar-refractivity contribution in [3.63, 3.8) is 0 Å². The molecule has 0 bridgehead atoms. The van der Waals surface area contributed by atoms with Gasteiger partial charge >= 0.3 is 6.03 Å². The van der Waals surface area contributed by atoms with E-state index in [0.29, 0.717) is 12.2 Å². The Morgan fingerprint density at radius 1 is 1.08 bits per heavy atom. The third-order valence-corrected chi connectivity index (χ3v) is 3.82. The molecular formula is C19H20N4O2. The molecule has 3 N–H and O–H groups in total. The topological polar surface area (TPSA) is 81.2 Å². The molecule has 0 spiro atoms. The molecule has 128 valence electrons. The number of urea groups is 1. The lowest BCUT2D eigenvalue weighted by atomic mass is 10.1. The van der Waals surface area contributed by atoms with Crippen LogP contribution in [0, 0.1) is 0 Å². The average molecular weight is 336 g/mol. The smallest absolute Gasteiger partial charge is 0.322 e. The van der Waals surface area contributed by atoms with Crippen LogP contribution in [0.4, 0.5) is 10.5 Å². The zero-order chi connectivity index (χ0) is 17.5. The Labute approximate surface area is 146 Å². The highest BCUT2D eigenvalue weighted by atomic mass is 16.3. The molecule has 3 aromatic rings. The fraction of sp³-hybridized carbons (Fsp3) is 0.158. The summed E-state index contributed by atoms with van der Waals surface area (Å²) in [6.45, 7) is 0.630. The molecule has 2 aromatic carbocycles. The number of aromatic nitrogens is 2. The first-order chi connectivity index (χ1) is 12.3. The fourth-order valence-corrected chi connectivity index (χ4v) is 2.53. The quantitative estimate of drug-likeness (QED) is 0.647. The molecule has 3 rings (SSSR count). The molecule has 1 aromatic heterocycles. The van der Waals surface area contributed by atoms with E-state index in [4.69, 9.17) is 0 Å². The van der Waals surface area contributed by atoms with Crippen molar-refractivity contribution in [2.24, 2.45) is 0 Å². The Morgan fingerprint density at radius 3 is 2.48 bits per heavy atom. The number of amides is 2. The first kappa shape index (κ1) is 16.7. The number of hydrogen-bond donors (Lipinski definition) is 3. The van der Waals surface area contributed by atoms with E-state index in [9.17, 15) is 9.90 Å². The number of anilines is 1. The molecule has 0 saturated heterocycles. The summed E-state index contributed by atoms with van der Waals surface area (Å²) in [5.41, 5.74) is 3.63. The second kappa shape index (κ2) is 8.12. The van der Waals surface area contributed by atoms with Crippen LogP contribution in [0.2, 0.25) is 0 Å². The van der Waals surface area contributed by atoms with Gasteiger partial charge in [-0.05, 0) is 29.3 Å². The minimum absolute atomic E-state index is 0.0843. The minimum atomic E-state index is -0.243. The van der Waals surface area contributed by atoms with Gasteiger partial charge in [-0.25, -0.2) is 4.79 Å². The van der Waals surface area contributed by atoms with Gasteiger partial charge in [-0.2, -0.15) is 5.10 Å². The third-order valence-electron chi connectivity index (χ3n) is 3.82. The standard InChI is InChI=1S/C19H20N4O2/c24-13-12-23(14-15-4-2-1-3-5-15)19(25)21-17-8-6-16(7-9-17)18-10-11-20-22-18/h1-11,24H,12-14H2,(H,20,22)(H,21,25). The molecule has 1 heterocycles. The number of aliphatic hydroxyl groups excluding tert-OH is 1. The molecule has 0 radical (unpaired) electrons. The normalized spacial score (nSPS) is 10.4. The number of nitrogens with zero attached hydrogens (tertiary/aromatic N) is 2. The highest BCUT2D eigenvalue weighted by Gasteiger charge is 2.13. The number of hydrogen-bond acceptors (Lipinski definition) is 3. The number of H-pyrrole nitrogens is 1. The molecule has 0 saturated carbocycles. The summed E-state index contributed by atoms with van der Waals surface area (Å²) in [6, 6.07) is 18.9. The van der Waals surface area contributed by atoms with E-state index in [1.165, 1.54) is 0 Å². The lowest BCUT2D eigenvalue weighted by Crippen LogP contribution is -2.36. The van der Waals surface area contributed by atoms with Crippen LogP contribution in [-0.2, 0) is 6.54 Å². The van der Waals surface area contributed by atoms with Crippen LogP contribution in [-0.4, -0.2) is 39.4 Å². The molecule has 0 atom stereocenters. The molecule has 0 aliphatic heterocycles. The summed E-state index contributed by atoms with van der Waals surface area (Å²) >= 11 is 0. The van der Waals surface area contributed by atoms with E-state index < -0.39 is 0 Å². The van der Waals surface area contributed by atoms with Crippen molar-refractivity contribution in [1.82, 2.24) is 15.1 Å². The van der Waals surface area contributed by atoms with E-state index in [-0.39, 0.29) is 19.2 Å². The van der Waals surface area contributed by atoms with Crippen LogP contribution in [0.3, 0.4) is 0 Å². The first-order valence-corrected chi connectivity index (χ1v) is 8.07. The molecule has 0 unspecified atom stereocenters. The number of rotatable bonds is 6. The second-order valence-electron chi connectivity index (χ2n) is 5.61. The molecule has 2 amide bonds. The Balaban J connectivity index is 1.66. The molecule has 0 aliphatic rings. The lowest BCUT2D eigenvalue weighted by Gasteiger charge is -2.22. The largest absolute Gasteiger partial charge is 0.395 e. The van der Waals surface area contributed by atoms with Gasteiger partial charge in [0.05, 0.1) is 12.3 Å². The van der Waals surface area contributed by atoms with Crippen molar-refractivity contribution in [2.45, 2.75) is 6.54 Å². The van der Waals surface area contributed by atoms with Gasteiger partial charge in [-0.15, -0.1) is 0 Å². The maximum atomic E-state index is 12.5. The SMILES string of the molecule is O=C(Nc1ccc(-c2ccn[nH]2)cc1)N(CCO)Cc1ccccc1. The van der Waals surface area contributed by atoms with Crippen LogP contribution in [0.5, 0.6) is 0 Å². The molecule has 6 heteroatoms. The average Bonchev–Trinajstić information content (AvgIpc) is 3.17. The van der Waals surface area contributed by atoms with Crippen LogP contribution in [0.15, 0.2) is 66.9 Å². The third kappa shape index (κ3) is 4.45. The summed E-state index contributed by atoms with van der Waals surface area (Å²) in [4.78, 5) is 14.1. The van der Waals surface area contributed by atoms with Gasteiger partial charge < -0.3 is 15.3 Å². The highest BCUT2D eigenvalue weighted by Crippen LogP contribution is 2.19. The van der Waals surface area contributed by atoms with Crippen LogP contribution < -0.4 is 5.32 Å². The van der Waals surface area contributed by atoms with Crippen molar-refractivity contribution < 1.29 is 9.90 Å². The Kier molecular flexibility index (Phi) is 5.43. The number of carbonyl (C=O) groups excluding carboxylic acids is 1. The highest BCUT2D eigenvalue weighted by molar-refractivity contribution is 5.89.